The number of benzene rings is 3. The average Bonchev–Trinajstić information content (AvgIpc) is 3.23. The first kappa shape index (κ1) is 22.4. The quantitative estimate of drug-likeness (QED) is 0.185. The third kappa shape index (κ3) is 4.26. The smallest absolute Gasteiger partial charge is 0.266 e. The maximum Gasteiger partial charge on any atom is 0.266 e. The lowest BCUT2D eigenvalue weighted by Crippen LogP contribution is -2.21. The van der Waals surface area contributed by atoms with Gasteiger partial charge in [-0.05, 0) is 49.4 Å². The van der Waals surface area contributed by atoms with E-state index in [-0.39, 0.29) is 5.56 Å². The second kappa shape index (κ2) is 9.48. The number of fused-ring (bicyclic) bond motifs is 1. The van der Waals surface area contributed by atoms with Crippen LogP contribution in [0.15, 0.2) is 91.6 Å². The highest BCUT2D eigenvalue weighted by atomic mass is 79.9. The molecule has 3 aromatic carbocycles. The molecule has 5 rings (SSSR count). The molecule has 0 aliphatic rings. The summed E-state index contributed by atoms with van der Waals surface area (Å²) in [6, 6.07) is 22.6. The Hall–Kier alpha value is -3.36. The van der Waals surface area contributed by atoms with Gasteiger partial charge in [-0.25, -0.2) is 9.97 Å². The van der Waals surface area contributed by atoms with Gasteiger partial charge in [0, 0.05) is 10.2 Å². The van der Waals surface area contributed by atoms with Crippen LogP contribution in [0.5, 0.6) is 5.75 Å². The summed E-state index contributed by atoms with van der Waals surface area (Å²) in [5, 5.41) is 1.18. The van der Waals surface area contributed by atoms with E-state index in [1.165, 1.54) is 11.8 Å². The van der Waals surface area contributed by atoms with Gasteiger partial charge in [0.25, 0.3) is 5.56 Å². The maximum atomic E-state index is 13.4. The molecule has 5 aromatic rings. The number of thioether (sulfide) groups is 1. The molecule has 6 nitrogen and oxygen atoms in total. The van der Waals surface area contributed by atoms with Gasteiger partial charge in [0.1, 0.15) is 11.5 Å². The Morgan fingerprint density at radius 1 is 1.03 bits per heavy atom. The zero-order valence-electron chi connectivity index (χ0n) is 18.5. The van der Waals surface area contributed by atoms with E-state index in [0.717, 1.165) is 21.4 Å². The van der Waals surface area contributed by atoms with E-state index in [9.17, 15) is 4.79 Å². The van der Waals surface area contributed by atoms with Crippen molar-refractivity contribution in [3.63, 3.8) is 0 Å². The van der Waals surface area contributed by atoms with Crippen molar-refractivity contribution >= 4 is 38.6 Å². The number of nitrogens with zero attached hydrogens (tertiary/aromatic N) is 3. The lowest BCUT2D eigenvalue weighted by molar-refractivity contribution is 0.414. The van der Waals surface area contributed by atoms with Crippen LogP contribution in [0.25, 0.3) is 28.0 Å². The average molecular weight is 534 g/mol. The van der Waals surface area contributed by atoms with Crippen LogP contribution < -0.4 is 10.3 Å². The van der Waals surface area contributed by atoms with Gasteiger partial charge in [0.2, 0.25) is 5.89 Å². The van der Waals surface area contributed by atoms with E-state index in [0.29, 0.717) is 39.2 Å². The number of methoxy groups -OCH3 is 1. The Labute approximate surface area is 208 Å². The summed E-state index contributed by atoms with van der Waals surface area (Å²) in [6.07, 6.45) is 0. The summed E-state index contributed by atoms with van der Waals surface area (Å²) in [7, 11) is 1.62. The number of oxazole rings is 1. The molecule has 0 spiro atoms. The van der Waals surface area contributed by atoms with Crippen molar-refractivity contribution in [2.75, 3.05) is 7.11 Å². The van der Waals surface area contributed by atoms with Gasteiger partial charge in [-0.3, -0.25) is 9.36 Å². The van der Waals surface area contributed by atoms with Gasteiger partial charge in [0.05, 0.1) is 35.0 Å². The summed E-state index contributed by atoms with van der Waals surface area (Å²) in [5.41, 5.74) is 2.88. The lowest BCUT2D eigenvalue weighted by Gasteiger charge is -2.12. The number of rotatable bonds is 6. The van der Waals surface area contributed by atoms with Crippen LogP contribution >= 0.6 is 27.7 Å². The molecule has 0 atom stereocenters. The molecule has 0 radical (unpaired) electrons. The van der Waals surface area contributed by atoms with Gasteiger partial charge in [-0.1, -0.05) is 58.0 Å². The molecule has 0 fully saturated rings. The minimum atomic E-state index is -0.101. The molecule has 0 bridgehead atoms. The van der Waals surface area contributed by atoms with Gasteiger partial charge in [-0.2, -0.15) is 0 Å². The second-order valence-electron chi connectivity index (χ2n) is 7.54. The SMILES string of the molecule is COc1ccc(Br)cc1-c1nc(CSc2nc3ccccc3c(=O)n2-c2ccccc2)c(C)o1. The van der Waals surface area contributed by atoms with E-state index in [1.807, 2.05) is 73.7 Å². The van der Waals surface area contributed by atoms with Crippen molar-refractivity contribution in [3.8, 4) is 22.9 Å². The molecule has 0 N–H and O–H groups in total. The highest BCUT2D eigenvalue weighted by Crippen LogP contribution is 2.34. The summed E-state index contributed by atoms with van der Waals surface area (Å²) >= 11 is 4.94. The monoisotopic (exact) mass is 533 g/mol. The molecule has 0 saturated carbocycles. The van der Waals surface area contributed by atoms with Crippen molar-refractivity contribution in [3.05, 3.63) is 99.1 Å². The van der Waals surface area contributed by atoms with Crippen LogP contribution in [0.1, 0.15) is 11.5 Å². The second-order valence-corrected chi connectivity index (χ2v) is 9.40. The summed E-state index contributed by atoms with van der Waals surface area (Å²) in [6.45, 7) is 1.88. The van der Waals surface area contributed by atoms with Gasteiger partial charge in [0.15, 0.2) is 5.16 Å². The van der Waals surface area contributed by atoms with Crippen LogP contribution in [-0.4, -0.2) is 21.6 Å². The van der Waals surface area contributed by atoms with E-state index < -0.39 is 0 Å². The van der Waals surface area contributed by atoms with Crippen LogP contribution in [-0.2, 0) is 5.75 Å². The van der Waals surface area contributed by atoms with Crippen molar-refractivity contribution in [2.45, 2.75) is 17.8 Å². The van der Waals surface area contributed by atoms with Gasteiger partial charge in [-0.15, -0.1) is 0 Å². The zero-order valence-corrected chi connectivity index (χ0v) is 20.9. The summed E-state index contributed by atoms with van der Waals surface area (Å²) in [5.74, 6) is 2.36. The first-order valence-corrected chi connectivity index (χ1v) is 12.3. The summed E-state index contributed by atoms with van der Waals surface area (Å²) in [4.78, 5) is 22.9. The molecule has 0 aliphatic carbocycles. The fourth-order valence-electron chi connectivity index (χ4n) is 3.67. The first-order valence-electron chi connectivity index (χ1n) is 10.6. The van der Waals surface area contributed by atoms with E-state index in [1.54, 1.807) is 17.7 Å². The predicted molar refractivity (Wildman–Crippen MR) is 138 cm³/mol. The van der Waals surface area contributed by atoms with Crippen molar-refractivity contribution in [2.24, 2.45) is 0 Å². The molecule has 2 aromatic heterocycles. The Bertz CT molecular complexity index is 1550. The van der Waals surface area contributed by atoms with Crippen molar-refractivity contribution < 1.29 is 9.15 Å². The number of hydrogen-bond donors (Lipinski definition) is 0. The van der Waals surface area contributed by atoms with Crippen molar-refractivity contribution in [1.82, 2.24) is 14.5 Å². The predicted octanol–water partition coefficient (Wildman–Crippen LogP) is 6.41. The molecular formula is C26H20BrN3O3S. The largest absolute Gasteiger partial charge is 0.496 e. The highest BCUT2D eigenvalue weighted by molar-refractivity contribution is 9.10. The van der Waals surface area contributed by atoms with Crippen LogP contribution in [0, 0.1) is 6.92 Å². The third-order valence-electron chi connectivity index (χ3n) is 5.38. The lowest BCUT2D eigenvalue weighted by atomic mass is 10.2. The minimum absolute atomic E-state index is 0.101. The molecule has 2 heterocycles. The molecule has 34 heavy (non-hydrogen) atoms. The number of halogens is 1. The maximum absolute atomic E-state index is 13.4. The van der Waals surface area contributed by atoms with Gasteiger partial charge < -0.3 is 9.15 Å². The molecule has 8 heteroatoms. The standard InChI is InChI=1S/C26H20BrN3O3S/c1-16-22(28-24(33-16)20-14-17(27)12-13-23(20)32-2)15-34-26-29-21-11-7-6-10-19(21)25(31)30(26)18-8-4-3-5-9-18/h3-14H,15H2,1-2H3. The normalized spacial score (nSPS) is 11.1. The topological polar surface area (TPSA) is 70.2 Å². The Morgan fingerprint density at radius 2 is 1.79 bits per heavy atom. The third-order valence-corrected chi connectivity index (χ3v) is 6.82. The minimum Gasteiger partial charge on any atom is -0.496 e. The number of aromatic nitrogens is 3. The molecule has 0 saturated heterocycles. The number of aryl methyl sites for hydroxylation is 1. The van der Waals surface area contributed by atoms with E-state index in [2.05, 4.69) is 15.9 Å². The first-order chi connectivity index (χ1) is 16.5. The Morgan fingerprint density at radius 3 is 2.59 bits per heavy atom. The van der Waals surface area contributed by atoms with Crippen LogP contribution in [0.3, 0.4) is 0 Å². The molecule has 0 amide bonds. The van der Waals surface area contributed by atoms with E-state index >= 15 is 0 Å². The molecule has 170 valence electrons. The molecule has 0 unspecified atom stereocenters. The number of hydrogen-bond acceptors (Lipinski definition) is 6. The molecular weight excluding hydrogens is 514 g/mol. The van der Waals surface area contributed by atoms with Crippen LogP contribution in [0.4, 0.5) is 0 Å². The fourth-order valence-corrected chi connectivity index (χ4v) is 5.05. The van der Waals surface area contributed by atoms with Crippen molar-refractivity contribution in [1.29, 1.82) is 0 Å². The highest BCUT2D eigenvalue weighted by Gasteiger charge is 2.18. The Balaban J connectivity index is 1.53. The van der Waals surface area contributed by atoms with E-state index in [4.69, 9.17) is 19.1 Å². The summed E-state index contributed by atoms with van der Waals surface area (Å²) < 4.78 is 14.0. The zero-order chi connectivity index (χ0) is 23.7. The molecule has 0 aliphatic heterocycles. The number of ether oxygens (including phenoxy) is 1. The van der Waals surface area contributed by atoms with Crippen LogP contribution in [0.2, 0.25) is 0 Å². The Kier molecular flexibility index (Phi) is 6.26. The van der Waals surface area contributed by atoms with Gasteiger partial charge >= 0.3 is 0 Å². The number of para-hydroxylation sites is 2. The fraction of sp³-hybridized carbons (Fsp3) is 0.115.